The zero-order valence-corrected chi connectivity index (χ0v) is 25.2. The van der Waals surface area contributed by atoms with Crippen LogP contribution in [0.5, 0.6) is 0 Å². The highest BCUT2D eigenvalue weighted by Gasteiger charge is 2.42. The maximum absolute atomic E-state index is 2.50. The van der Waals surface area contributed by atoms with E-state index in [1.54, 1.807) is 0 Å². The molecule has 6 aromatic carbocycles. The predicted octanol–water partition coefficient (Wildman–Crippen LogP) is 11.4. The van der Waals surface area contributed by atoms with Crippen molar-refractivity contribution in [1.82, 2.24) is 0 Å². The molecule has 1 heterocycles. The Morgan fingerprint density at radius 1 is 0.372 bits per heavy atom. The molecule has 6 aromatic rings. The maximum atomic E-state index is 2.50. The van der Waals surface area contributed by atoms with Crippen LogP contribution in [0.3, 0.4) is 0 Å². The van der Waals surface area contributed by atoms with Gasteiger partial charge in [-0.25, -0.2) is 0 Å². The van der Waals surface area contributed by atoms with E-state index in [-0.39, 0.29) is 10.8 Å². The lowest BCUT2D eigenvalue weighted by Crippen LogP contribution is -2.31. The second-order valence-corrected chi connectivity index (χ2v) is 13.1. The molecule has 0 N–H and O–H groups in total. The van der Waals surface area contributed by atoms with Gasteiger partial charge in [0, 0.05) is 16.5 Å². The molecule has 0 fully saturated rings. The quantitative estimate of drug-likeness (QED) is 0.211. The van der Waals surface area contributed by atoms with Gasteiger partial charge in [-0.3, -0.25) is 0 Å². The Morgan fingerprint density at radius 2 is 0.953 bits per heavy atom. The topological polar surface area (TPSA) is 3.24 Å². The second-order valence-electron chi connectivity index (χ2n) is 13.1. The van der Waals surface area contributed by atoms with Crippen LogP contribution in [0.25, 0.3) is 33.4 Å². The first-order chi connectivity index (χ1) is 20.8. The molecule has 1 nitrogen and oxygen atoms in total. The zero-order valence-electron chi connectivity index (χ0n) is 25.2. The zero-order chi connectivity index (χ0) is 29.3. The summed E-state index contributed by atoms with van der Waals surface area (Å²) in [5, 5.41) is 0. The third-order valence-electron chi connectivity index (χ3n) is 9.86. The number of hydrogen-bond donors (Lipinski definition) is 0. The highest BCUT2D eigenvalue weighted by Crippen LogP contribution is 2.57. The lowest BCUT2D eigenvalue weighted by atomic mass is 9.71. The first-order valence-electron chi connectivity index (χ1n) is 15.3. The number of rotatable bonds is 3. The number of hydrogen-bond acceptors (Lipinski definition) is 1. The van der Waals surface area contributed by atoms with Crippen molar-refractivity contribution >= 4 is 17.1 Å². The molecule has 0 amide bonds. The fraction of sp³-hybridized carbons (Fsp3) is 0.143. The molecule has 0 aromatic heterocycles. The van der Waals surface area contributed by atoms with Crippen LogP contribution in [0.1, 0.15) is 49.9 Å². The summed E-state index contributed by atoms with van der Waals surface area (Å²) in [6.45, 7) is 9.50. The van der Waals surface area contributed by atoms with Crippen LogP contribution in [0.2, 0.25) is 0 Å². The van der Waals surface area contributed by atoms with Crippen LogP contribution in [0, 0.1) is 0 Å². The average Bonchev–Trinajstić information content (AvgIpc) is 3.27. The second kappa shape index (κ2) is 9.31. The van der Waals surface area contributed by atoms with E-state index >= 15 is 0 Å². The van der Waals surface area contributed by atoms with Gasteiger partial charge in [0.15, 0.2) is 0 Å². The molecule has 0 saturated heterocycles. The van der Waals surface area contributed by atoms with Crippen LogP contribution < -0.4 is 4.90 Å². The number of fused-ring (bicyclic) bond motifs is 5. The Labute approximate surface area is 255 Å². The van der Waals surface area contributed by atoms with E-state index in [2.05, 4.69) is 172 Å². The number of benzene rings is 6. The fourth-order valence-corrected chi connectivity index (χ4v) is 7.48. The Bertz CT molecular complexity index is 2010. The van der Waals surface area contributed by atoms with Crippen LogP contribution >= 0.6 is 0 Å². The van der Waals surface area contributed by atoms with Gasteiger partial charge in [0.2, 0.25) is 0 Å². The lowest BCUT2D eigenvalue weighted by Gasteiger charge is -2.43. The normalized spacial score (nSPS) is 15.3. The van der Waals surface area contributed by atoms with Gasteiger partial charge in [0.05, 0.1) is 11.4 Å². The van der Waals surface area contributed by atoms with E-state index < -0.39 is 0 Å². The van der Waals surface area contributed by atoms with Crippen LogP contribution in [-0.2, 0) is 10.8 Å². The maximum Gasteiger partial charge on any atom is 0.0506 e. The Balaban J connectivity index is 1.29. The van der Waals surface area contributed by atoms with E-state index in [0.29, 0.717) is 0 Å². The van der Waals surface area contributed by atoms with Gasteiger partial charge in [0.1, 0.15) is 0 Å². The van der Waals surface area contributed by atoms with Gasteiger partial charge in [-0.2, -0.15) is 0 Å². The minimum Gasteiger partial charge on any atom is -0.310 e. The molecule has 0 radical (unpaired) electrons. The summed E-state index contributed by atoms with van der Waals surface area (Å²) < 4.78 is 0. The minimum atomic E-state index is -0.135. The average molecular weight is 554 g/mol. The summed E-state index contributed by atoms with van der Waals surface area (Å²) >= 11 is 0. The van der Waals surface area contributed by atoms with Gasteiger partial charge in [-0.1, -0.05) is 137 Å². The van der Waals surface area contributed by atoms with Gasteiger partial charge in [-0.05, 0) is 86.0 Å². The van der Waals surface area contributed by atoms with Crippen LogP contribution in [0.4, 0.5) is 17.1 Å². The molecule has 208 valence electrons. The molecule has 0 atom stereocenters. The SMILES string of the molecule is CC1(C)c2ccccc2-c2cc3c(cc21)N(c1cccc(-c2ccc(-c4ccccc4)cc2)c1)c1ccccc1C3(C)C. The first-order valence-corrected chi connectivity index (χ1v) is 15.3. The summed E-state index contributed by atoms with van der Waals surface area (Å²) in [5.41, 5.74) is 16.7. The molecule has 1 aliphatic carbocycles. The third kappa shape index (κ3) is 3.85. The molecule has 0 spiro atoms. The fourth-order valence-electron chi connectivity index (χ4n) is 7.48. The van der Waals surface area contributed by atoms with E-state index in [9.17, 15) is 0 Å². The van der Waals surface area contributed by atoms with E-state index in [4.69, 9.17) is 0 Å². The Morgan fingerprint density at radius 3 is 1.72 bits per heavy atom. The predicted molar refractivity (Wildman–Crippen MR) is 182 cm³/mol. The summed E-state index contributed by atoms with van der Waals surface area (Å²) in [6, 6.07) is 51.5. The Hall–Kier alpha value is -4.88. The molecule has 0 bridgehead atoms. The molecule has 0 unspecified atom stereocenters. The van der Waals surface area contributed by atoms with E-state index in [1.807, 2.05) is 0 Å². The van der Waals surface area contributed by atoms with E-state index in [0.717, 1.165) is 0 Å². The molecule has 8 rings (SSSR count). The van der Waals surface area contributed by atoms with Crippen molar-refractivity contribution in [2.45, 2.75) is 38.5 Å². The monoisotopic (exact) mass is 553 g/mol. The molecular formula is C42H35N. The summed E-state index contributed by atoms with van der Waals surface area (Å²) in [7, 11) is 0. The van der Waals surface area contributed by atoms with E-state index in [1.165, 1.54) is 72.7 Å². The van der Waals surface area contributed by atoms with Gasteiger partial charge < -0.3 is 4.90 Å². The number of anilines is 3. The van der Waals surface area contributed by atoms with Crippen molar-refractivity contribution in [2.75, 3.05) is 4.90 Å². The Kier molecular flexibility index (Phi) is 5.59. The van der Waals surface area contributed by atoms with Crippen molar-refractivity contribution < 1.29 is 0 Å². The van der Waals surface area contributed by atoms with Gasteiger partial charge in [0.25, 0.3) is 0 Å². The van der Waals surface area contributed by atoms with Crippen molar-refractivity contribution in [3.8, 4) is 33.4 Å². The summed E-state index contributed by atoms with van der Waals surface area (Å²) in [4.78, 5) is 2.50. The first kappa shape index (κ1) is 25.8. The number of nitrogens with zero attached hydrogens (tertiary/aromatic N) is 1. The summed E-state index contributed by atoms with van der Waals surface area (Å²) in [5.74, 6) is 0. The molecule has 2 aliphatic rings. The number of para-hydroxylation sites is 1. The standard InChI is InChI=1S/C42H35N/c1-41(2)35-18-9-8-17-33(35)34-26-38-40(27-37(34)41)43(39-20-11-10-19-36(39)42(38,3)4)32-16-12-15-31(25-32)30-23-21-29(22-24-30)28-13-6-5-7-14-28/h5-27H,1-4H3. The molecule has 43 heavy (non-hydrogen) atoms. The lowest BCUT2D eigenvalue weighted by molar-refractivity contribution is 0.627. The molecule has 1 heteroatoms. The van der Waals surface area contributed by atoms with Crippen molar-refractivity contribution in [2.24, 2.45) is 0 Å². The van der Waals surface area contributed by atoms with Crippen LogP contribution in [-0.4, -0.2) is 0 Å². The summed E-state index contributed by atoms with van der Waals surface area (Å²) in [6.07, 6.45) is 0. The van der Waals surface area contributed by atoms with Gasteiger partial charge >= 0.3 is 0 Å². The smallest absolute Gasteiger partial charge is 0.0506 e. The van der Waals surface area contributed by atoms with Crippen molar-refractivity contribution in [3.63, 3.8) is 0 Å². The highest BCUT2D eigenvalue weighted by atomic mass is 15.2. The molecule has 1 aliphatic heterocycles. The highest BCUT2D eigenvalue weighted by molar-refractivity contribution is 5.92. The molecular weight excluding hydrogens is 518 g/mol. The van der Waals surface area contributed by atoms with Crippen molar-refractivity contribution in [3.05, 3.63) is 162 Å². The molecule has 0 saturated carbocycles. The minimum absolute atomic E-state index is 0.0594. The van der Waals surface area contributed by atoms with Crippen molar-refractivity contribution in [1.29, 1.82) is 0 Å². The largest absolute Gasteiger partial charge is 0.310 e. The third-order valence-corrected chi connectivity index (χ3v) is 9.86. The van der Waals surface area contributed by atoms with Crippen LogP contribution in [0.15, 0.2) is 140 Å². The van der Waals surface area contributed by atoms with Gasteiger partial charge in [-0.15, -0.1) is 0 Å².